The highest BCUT2D eigenvalue weighted by atomic mass is 16.6. The number of amides is 2. The van der Waals surface area contributed by atoms with Gasteiger partial charge in [0.2, 0.25) is 11.3 Å². The van der Waals surface area contributed by atoms with E-state index in [1.165, 1.54) is 0 Å². The highest BCUT2D eigenvalue weighted by Crippen LogP contribution is 2.24. The van der Waals surface area contributed by atoms with E-state index < -0.39 is 35.5 Å². The molecule has 1 N–H and O–H groups in total. The summed E-state index contributed by atoms with van der Waals surface area (Å²) >= 11 is 0. The molecule has 1 fully saturated rings. The van der Waals surface area contributed by atoms with Crippen molar-refractivity contribution in [3.8, 4) is 0 Å². The van der Waals surface area contributed by atoms with E-state index in [1.54, 1.807) is 24.3 Å². The number of benzene rings is 1. The first-order valence-corrected chi connectivity index (χ1v) is 7.38. The van der Waals surface area contributed by atoms with Crippen LogP contribution in [0.25, 0.3) is 4.98 Å². The highest BCUT2D eigenvalue weighted by Gasteiger charge is 2.47. The molecule has 25 heavy (non-hydrogen) atoms. The lowest BCUT2D eigenvalue weighted by atomic mass is 10.2. The molecule has 0 radical (unpaired) electrons. The van der Waals surface area contributed by atoms with Crippen LogP contribution in [0.1, 0.15) is 18.4 Å². The number of carbonyl (C=O) groups is 3. The molecule has 9 nitrogen and oxygen atoms in total. The molecule has 0 aromatic heterocycles. The van der Waals surface area contributed by atoms with Crippen molar-refractivity contribution in [2.24, 2.45) is 0 Å². The van der Waals surface area contributed by atoms with Gasteiger partial charge in [-0.2, -0.15) is 0 Å². The van der Waals surface area contributed by atoms with Gasteiger partial charge in [-0.25, -0.2) is 4.79 Å². The minimum atomic E-state index is -1.16. The normalized spacial score (nSPS) is 17.5. The number of rotatable bonds is 5. The van der Waals surface area contributed by atoms with Crippen LogP contribution in [0.5, 0.6) is 0 Å². The maximum Gasteiger partial charge on any atom is 0.528 e. The van der Waals surface area contributed by atoms with Crippen molar-refractivity contribution in [2.75, 3.05) is 7.11 Å². The van der Waals surface area contributed by atoms with Crippen molar-refractivity contribution in [1.82, 2.24) is 4.90 Å². The number of hydrogen-bond acceptors (Lipinski definition) is 7. The van der Waals surface area contributed by atoms with Crippen molar-refractivity contribution in [3.63, 3.8) is 0 Å². The summed E-state index contributed by atoms with van der Waals surface area (Å²) in [5.41, 5.74) is -0.125. The van der Waals surface area contributed by atoms with E-state index in [2.05, 4.69) is 9.71 Å². The SMILES string of the molecule is CO/C(O)=C(\[N+]#N)C(=O)N1C(=O)CCC1C(=O)OCc1ccccc1. The Balaban J connectivity index is 2.14. The molecule has 1 aliphatic heterocycles. The predicted molar refractivity (Wildman–Crippen MR) is 82.9 cm³/mol. The second kappa shape index (κ2) is 7.92. The van der Waals surface area contributed by atoms with Gasteiger partial charge in [-0.05, 0) is 12.0 Å². The van der Waals surface area contributed by atoms with Gasteiger partial charge in [0.25, 0.3) is 0 Å². The summed E-state index contributed by atoms with van der Waals surface area (Å²) in [5, 5.41) is 18.3. The van der Waals surface area contributed by atoms with Crippen LogP contribution in [-0.4, -0.2) is 40.9 Å². The van der Waals surface area contributed by atoms with Gasteiger partial charge in [0.15, 0.2) is 4.98 Å². The zero-order valence-corrected chi connectivity index (χ0v) is 13.4. The molecule has 1 aromatic rings. The van der Waals surface area contributed by atoms with Crippen LogP contribution >= 0.6 is 0 Å². The third-order valence-corrected chi connectivity index (χ3v) is 3.63. The molecular weight excluding hydrogens is 330 g/mol. The Morgan fingerprint density at radius 1 is 1.36 bits per heavy atom. The molecule has 2 rings (SSSR count). The Morgan fingerprint density at radius 2 is 2.04 bits per heavy atom. The lowest BCUT2D eigenvalue weighted by molar-refractivity contribution is -0.157. The van der Waals surface area contributed by atoms with E-state index in [0.717, 1.165) is 12.7 Å². The minimum absolute atomic E-state index is 0.0111. The standard InChI is InChI=1S/C16H15N3O6/c1-24-16(23)13(18-17)14(21)19-11(7-8-12(19)20)15(22)25-9-10-5-3-2-4-6-10/h2-6,11H,7-9H2,1H3/p+1. The monoisotopic (exact) mass is 346 g/mol. The van der Waals surface area contributed by atoms with Crippen LogP contribution in [-0.2, 0) is 30.5 Å². The van der Waals surface area contributed by atoms with Crippen LogP contribution < -0.4 is 0 Å². The van der Waals surface area contributed by atoms with E-state index in [-0.39, 0.29) is 19.4 Å². The highest BCUT2D eigenvalue weighted by molar-refractivity contribution is 6.09. The number of aliphatic hydroxyl groups is 1. The zero-order valence-electron chi connectivity index (χ0n) is 13.4. The first kappa shape index (κ1) is 17.9. The fourth-order valence-electron chi connectivity index (χ4n) is 2.37. The molecular formula is C16H16N3O6+. The fraction of sp³-hybridized carbons (Fsp3) is 0.312. The number of ether oxygens (including phenoxy) is 2. The molecule has 1 aromatic carbocycles. The molecule has 0 bridgehead atoms. The summed E-state index contributed by atoms with van der Waals surface area (Å²) in [7, 11) is 1.05. The summed E-state index contributed by atoms with van der Waals surface area (Å²) in [6.07, 6.45) is 0.0218. The average molecular weight is 346 g/mol. The predicted octanol–water partition coefficient (Wildman–Crippen LogP) is 1.47. The summed E-state index contributed by atoms with van der Waals surface area (Å²) in [5.74, 6) is -3.52. The molecule has 9 heteroatoms. The van der Waals surface area contributed by atoms with Crippen LogP contribution in [0.2, 0.25) is 0 Å². The number of esters is 1. The molecule has 0 spiro atoms. The number of carbonyl (C=O) groups excluding carboxylic acids is 3. The number of likely N-dealkylation sites (tertiary alicyclic amines) is 1. The van der Waals surface area contributed by atoms with Crippen molar-refractivity contribution in [1.29, 1.82) is 5.39 Å². The Morgan fingerprint density at radius 3 is 2.64 bits per heavy atom. The summed E-state index contributed by atoms with van der Waals surface area (Å²) in [6.45, 7) is -0.0111. The lowest BCUT2D eigenvalue weighted by Gasteiger charge is -2.19. The quantitative estimate of drug-likeness (QED) is 0.371. The van der Waals surface area contributed by atoms with Gasteiger partial charge in [0.1, 0.15) is 12.6 Å². The number of imide groups is 1. The number of methoxy groups -OCH3 is 1. The van der Waals surface area contributed by atoms with E-state index >= 15 is 0 Å². The van der Waals surface area contributed by atoms with Crippen molar-refractivity contribution < 1.29 is 29.0 Å². The number of hydrogen-bond donors (Lipinski definition) is 1. The molecule has 130 valence electrons. The fourth-order valence-corrected chi connectivity index (χ4v) is 2.37. The van der Waals surface area contributed by atoms with Crippen molar-refractivity contribution >= 4 is 17.8 Å². The second-order valence-electron chi connectivity index (χ2n) is 5.17. The Kier molecular flexibility index (Phi) is 5.68. The summed E-state index contributed by atoms with van der Waals surface area (Å²) < 4.78 is 9.58. The smallest absolute Gasteiger partial charge is 0.475 e. The maximum absolute atomic E-state index is 12.3. The largest absolute Gasteiger partial charge is 0.528 e. The number of nitrogens with zero attached hydrogens (tertiary/aromatic N) is 3. The van der Waals surface area contributed by atoms with Crippen LogP contribution in [0.3, 0.4) is 0 Å². The molecule has 0 aliphatic carbocycles. The maximum atomic E-state index is 12.3. The first-order valence-electron chi connectivity index (χ1n) is 7.38. The van der Waals surface area contributed by atoms with Gasteiger partial charge in [-0.15, -0.1) is 0 Å². The van der Waals surface area contributed by atoms with Gasteiger partial charge in [0, 0.05) is 6.42 Å². The van der Waals surface area contributed by atoms with Crippen LogP contribution in [0.4, 0.5) is 0 Å². The van der Waals surface area contributed by atoms with Crippen molar-refractivity contribution in [3.05, 3.63) is 52.5 Å². The summed E-state index contributed by atoms with van der Waals surface area (Å²) in [4.78, 5) is 39.8. The van der Waals surface area contributed by atoms with E-state index in [1.807, 2.05) is 6.07 Å². The molecule has 1 heterocycles. The lowest BCUT2D eigenvalue weighted by Crippen LogP contribution is -2.44. The number of diazo groups is 1. The molecule has 1 atom stereocenters. The van der Waals surface area contributed by atoms with Crippen LogP contribution in [0.15, 0.2) is 42.0 Å². The second-order valence-corrected chi connectivity index (χ2v) is 5.17. The van der Waals surface area contributed by atoms with Gasteiger partial charge < -0.3 is 14.6 Å². The molecule has 1 unspecified atom stereocenters. The molecule has 1 aliphatic rings. The molecule has 1 saturated heterocycles. The minimum Gasteiger partial charge on any atom is -0.475 e. The van der Waals surface area contributed by atoms with E-state index in [9.17, 15) is 19.5 Å². The topological polar surface area (TPSA) is 121 Å². The molecule has 0 saturated carbocycles. The Bertz CT molecular complexity index is 753. The first-order chi connectivity index (χ1) is 12.0. The van der Waals surface area contributed by atoms with Crippen LogP contribution in [0, 0.1) is 5.39 Å². The van der Waals surface area contributed by atoms with Gasteiger partial charge in [-0.1, -0.05) is 30.3 Å². The van der Waals surface area contributed by atoms with Crippen molar-refractivity contribution in [2.45, 2.75) is 25.5 Å². The Hall–Kier alpha value is -3.41. The van der Waals surface area contributed by atoms with Gasteiger partial charge in [-0.3, -0.25) is 14.5 Å². The Labute approximate surface area is 143 Å². The van der Waals surface area contributed by atoms with E-state index in [0.29, 0.717) is 4.90 Å². The third kappa shape index (κ3) is 3.92. The zero-order chi connectivity index (χ0) is 18.4. The molecule has 2 amide bonds. The van der Waals surface area contributed by atoms with Gasteiger partial charge >= 0.3 is 23.5 Å². The number of aliphatic hydroxyl groups excluding tert-OH is 1. The van der Waals surface area contributed by atoms with E-state index in [4.69, 9.17) is 10.1 Å². The van der Waals surface area contributed by atoms with Gasteiger partial charge in [0.05, 0.1) is 7.11 Å². The third-order valence-electron chi connectivity index (χ3n) is 3.63. The summed E-state index contributed by atoms with van der Waals surface area (Å²) in [6, 6.07) is 7.74. The average Bonchev–Trinajstić information content (AvgIpc) is 3.02.